The van der Waals surface area contributed by atoms with Crippen LogP contribution in [0, 0.1) is 5.92 Å². The van der Waals surface area contributed by atoms with Crippen LogP contribution < -0.4 is 10.6 Å². The minimum Gasteiger partial charge on any atom is -0.397 e. The van der Waals surface area contributed by atoms with Crippen molar-refractivity contribution in [2.75, 3.05) is 22.9 Å². The summed E-state index contributed by atoms with van der Waals surface area (Å²) in [5.41, 5.74) is 7.33. The van der Waals surface area contributed by atoms with Gasteiger partial charge in [0, 0.05) is 21.9 Å². The number of nitrogen functional groups attached to an aromatic ring is 1. The number of hydrogen-bond acceptors (Lipinski definition) is 3. The Labute approximate surface area is 122 Å². The molecule has 1 unspecified atom stereocenters. The number of rotatable bonds is 2. The van der Waals surface area contributed by atoms with Crippen LogP contribution in [0.1, 0.15) is 6.42 Å². The molecular weight excluding hydrogens is 368 g/mol. The molecule has 1 atom stereocenters. The van der Waals surface area contributed by atoms with Crippen molar-refractivity contribution in [3.8, 4) is 0 Å². The van der Waals surface area contributed by atoms with Crippen LogP contribution in [0.3, 0.4) is 0 Å². The standard InChI is InChI=1S/C11H12Br2N2OS/c12-7-2-9(14)10(3-8(7)13)15-4-6(5-17)1-11(15)16/h2-3,6,17H,1,4-5,14H2. The van der Waals surface area contributed by atoms with E-state index < -0.39 is 0 Å². The molecule has 2 rings (SSSR count). The van der Waals surface area contributed by atoms with Crippen molar-refractivity contribution >= 4 is 61.8 Å². The van der Waals surface area contributed by atoms with Crippen molar-refractivity contribution in [2.24, 2.45) is 5.92 Å². The van der Waals surface area contributed by atoms with E-state index in [0.717, 1.165) is 20.4 Å². The topological polar surface area (TPSA) is 46.3 Å². The Morgan fingerprint density at radius 3 is 2.65 bits per heavy atom. The van der Waals surface area contributed by atoms with E-state index >= 15 is 0 Å². The third-order valence-electron chi connectivity index (χ3n) is 2.82. The molecule has 1 amide bonds. The molecule has 1 aromatic rings. The van der Waals surface area contributed by atoms with Crippen LogP contribution >= 0.6 is 44.5 Å². The van der Waals surface area contributed by atoms with Crippen LogP contribution in [-0.4, -0.2) is 18.2 Å². The van der Waals surface area contributed by atoms with Gasteiger partial charge in [-0.1, -0.05) is 0 Å². The maximum atomic E-state index is 11.9. The lowest BCUT2D eigenvalue weighted by molar-refractivity contribution is -0.117. The molecular formula is C11H12Br2N2OS. The fourth-order valence-electron chi connectivity index (χ4n) is 1.92. The lowest BCUT2D eigenvalue weighted by Gasteiger charge is -2.19. The largest absolute Gasteiger partial charge is 0.397 e. The van der Waals surface area contributed by atoms with Crippen molar-refractivity contribution < 1.29 is 4.79 Å². The van der Waals surface area contributed by atoms with Gasteiger partial charge in [0.05, 0.1) is 11.4 Å². The predicted octanol–water partition coefficient (Wildman–Crippen LogP) is 3.08. The van der Waals surface area contributed by atoms with Crippen molar-refractivity contribution in [3.63, 3.8) is 0 Å². The summed E-state index contributed by atoms with van der Waals surface area (Å²) in [6.07, 6.45) is 0.552. The molecule has 1 aliphatic rings. The highest BCUT2D eigenvalue weighted by atomic mass is 79.9. The highest BCUT2D eigenvalue weighted by molar-refractivity contribution is 9.13. The van der Waals surface area contributed by atoms with Gasteiger partial charge in [-0.15, -0.1) is 0 Å². The predicted molar refractivity (Wildman–Crippen MR) is 80.6 cm³/mol. The van der Waals surface area contributed by atoms with Crippen molar-refractivity contribution in [1.29, 1.82) is 0 Å². The second-order valence-corrected chi connectivity index (χ2v) is 6.16. The summed E-state index contributed by atoms with van der Waals surface area (Å²) < 4.78 is 1.78. The van der Waals surface area contributed by atoms with Crippen LogP contribution in [0.5, 0.6) is 0 Å². The molecule has 0 bridgehead atoms. The molecule has 1 fully saturated rings. The Morgan fingerprint density at radius 1 is 1.41 bits per heavy atom. The first-order valence-electron chi connectivity index (χ1n) is 5.18. The van der Waals surface area contributed by atoms with Gasteiger partial charge in [0.15, 0.2) is 0 Å². The first-order valence-corrected chi connectivity index (χ1v) is 7.40. The number of thiol groups is 1. The second kappa shape index (κ2) is 5.20. The summed E-state index contributed by atoms with van der Waals surface area (Å²) in [6.45, 7) is 0.695. The highest BCUT2D eigenvalue weighted by Gasteiger charge is 2.30. The van der Waals surface area contributed by atoms with E-state index in [1.54, 1.807) is 11.0 Å². The van der Waals surface area contributed by atoms with Crippen LogP contribution in [0.2, 0.25) is 0 Å². The zero-order valence-electron chi connectivity index (χ0n) is 8.99. The molecule has 1 aliphatic heterocycles. The fraction of sp³-hybridized carbons (Fsp3) is 0.364. The zero-order chi connectivity index (χ0) is 12.6. The molecule has 17 heavy (non-hydrogen) atoms. The number of benzene rings is 1. The second-order valence-electron chi connectivity index (χ2n) is 4.08. The van der Waals surface area contributed by atoms with E-state index in [4.69, 9.17) is 5.73 Å². The average molecular weight is 380 g/mol. The summed E-state index contributed by atoms with van der Waals surface area (Å²) in [4.78, 5) is 13.6. The Bertz CT molecular complexity index is 467. The summed E-state index contributed by atoms with van der Waals surface area (Å²) in [5, 5.41) is 0. The first-order chi connectivity index (χ1) is 8.02. The smallest absolute Gasteiger partial charge is 0.227 e. The number of halogens is 2. The zero-order valence-corrected chi connectivity index (χ0v) is 13.1. The highest BCUT2D eigenvalue weighted by Crippen LogP contribution is 2.36. The van der Waals surface area contributed by atoms with E-state index in [9.17, 15) is 4.79 Å². The summed E-state index contributed by atoms with van der Waals surface area (Å²) >= 11 is 11.1. The van der Waals surface area contributed by atoms with Crippen LogP contribution in [0.4, 0.5) is 11.4 Å². The van der Waals surface area contributed by atoms with Gasteiger partial charge in [0.25, 0.3) is 0 Å². The maximum absolute atomic E-state index is 11.9. The lowest BCUT2D eigenvalue weighted by Crippen LogP contribution is -2.25. The molecule has 0 aromatic heterocycles. The molecule has 1 aromatic carbocycles. The number of amides is 1. The number of nitrogens with zero attached hydrogens (tertiary/aromatic N) is 1. The Kier molecular flexibility index (Phi) is 4.05. The summed E-state index contributed by atoms with van der Waals surface area (Å²) in [5.74, 6) is 1.15. The van der Waals surface area contributed by atoms with E-state index in [-0.39, 0.29) is 5.91 Å². The average Bonchev–Trinajstić information content (AvgIpc) is 2.65. The van der Waals surface area contributed by atoms with Crippen molar-refractivity contribution in [2.45, 2.75) is 6.42 Å². The molecule has 92 valence electrons. The van der Waals surface area contributed by atoms with Crippen LogP contribution in [0.25, 0.3) is 0 Å². The van der Waals surface area contributed by atoms with E-state index in [1.807, 2.05) is 6.07 Å². The van der Waals surface area contributed by atoms with Crippen LogP contribution in [0.15, 0.2) is 21.1 Å². The Balaban J connectivity index is 2.35. The SMILES string of the molecule is Nc1cc(Br)c(Br)cc1N1CC(CS)CC1=O. The number of carbonyl (C=O) groups is 1. The van der Waals surface area contributed by atoms with Gasteiger partial charge in [-0.2, -0.15) is 12.6 Å². The maximum Gasteiger partial charge on any atom is 0.227 e. The normalized spacial score (nSPS) is 20.1. The molecule has 2 N–H and O–H groups in total. The number of nitrogens with two attached hydrogens (primary N) is 1. The number of hydrogen-bond donors (Lipinski definition) is 2. The van der Waals surface area contributed by atoms with Crippen molar-refractivity contribution in [1.82, 2.24) is 0 Å². The Hall–Kier alpha value is -0.200. The van der Waals surface area contributed by atoms with Gasteiger partial charge >= 0.3 is 0 Å². The number of carbonyl (C=O) groups excluding carboxylic acids is 1. The molecule has 6 heteroatoms. The van der Waals surface area contributed by atoms with Gasteiger partial charge in [-0.25, -0.2) is 0 Å². The Morgan fingerprint density at radius 2 is 2.06 bits per heavy atom. The van der Waals surface area contributed by atoms with Crippen LogP contribution in [-0.2, 0) is 4.79 Å². The summed E-state index contributed by atoms with van der Waals surface area (Å²) in [6, 6.07) is 3.68. The minimum absolute atomic E-state index is 0.116. The van der Waals surface area contributed by atoms with Crippen molar-refractivity contribution in [3.05, 3.63) is 21.1 Å². The van der Waals surface area contributed by atoms with Gasteiger partial charge < -0.3 is 10.6 Å². The number of anilines is 2. The molecule has 3 nitrogen and oxygen atoms in total. The summed E-state index contributed by atoms with van der Waals surface area (Å²) in [7, 11) is 0. The van der Waals surface area contributed by atoms with E-state index in [1.165, 1.54) is 0 Å². The minimum atomic E-state index is 0.116. The molecule has 0 saturated carbocycles. The third kappa shape index (κ3) is 2.63. The van der Waals surface area contributed by atoms with Gasteiger partial charge in [0.2, 0.25) is 5.91 Å². The van der Waals surface area contributed by atoms with E-state index in [2.05, 4.69) is 44.5 Å². The molecule has 1 heterocycles. The monoisotopic (exact) mass is 378 g/mol. The van der Waals surface area contributed by atoms with E-state index in [0.29, 0.717) is 24.6 Å². The molecule has 0 radical (unpaired) electrons. The quantitative estimate of drug-likeness (QED) is 0.612. The third-order valence-corrected chi connectivity index (χ3v) is 5.18. The lowest BCUT2D eigenvalue weighted by atomic mass is 10.1. The van der Waals surface area contributed by atoms with Gasteiger partial charge in [0.1, 0.15) is 0 Å². The molecule has 0 spiro atoms. The fourth-order valence-corrected chi connectivity index (χ4v) is 2.86. The molecule has 1 saturated heterocycles. The molecule has 0 aliphatic carbocycles. The van der Waals surface area contributed by atoms with Gasteiger partial charge in [-0.05, 0) is 55.7 Å². The van der Waals surface area contributed by atoms with Gasteiger partial charge in [-0.3, -0.25) is 4.79 Å². The first kappa shape index (κ1) is 13.2.